The van der Waals surface area contributed by atoms with Crippen molar-refractivity contribution in [3.05, 3.63) is 70.0 Å². The van der Waals surface area contributed by atoms with Gasteiger partial charge in [-0.15, -0.1) is 0 Å². The minimum atomic E-state index is -0.796. The Balaban J connectivity index is 2.21. The topological polar surface area (TPSA) is 20.2 Å². The number of benzene rings is 2. The number of aliphatic hydroxyl groups excluding tert-OH is 1. The van der Waals surface area contributed by atoms with Crippen molar-refractivity contribution in [3.8, 4) is 0 Å². The van der Waals surface area contributed by atoms with Crippen molar-refractivity contribution in [3.63, 3.8) is 0 Å². The molecule has 0 aromatic heterocycles. The Bertz CT molecular complexity index is 554. The third-order valence-corrected chi connectivity index (χ3v) is 3.17. The largest absolute Gasteiger partial charge is 0.388 e. The zero-order valence-corrected chi connectivity index (χ0v) is 10.8. The zero-order chi connectivity index (χ0) is 13.1. The maximum absolute atomic E-state index is 13.1. The zero-order valence-electron chi connectivity index (χ0n) is 10.0. The van der Waals surface area contributed by atoms with Crippen LogP contribution < -0.4 is 0 Å². The minimum absolute atomic E-state index is 0.386. The Morgan fingerprint density at radius 3 is 2.72 bits per heavy atom. The molecule has 0 spiro atoms. The molecule has 0 aliphatic carbocycles. The molecule has 2 aromatic carbocycles. The molecule has 2 aromatic rings. The minimum Gasteiger partial charge on any atom is -0.388 e. The van der Waals surface area contributed by atoms with Crippen LogP contribution in [0.15, 0.2) is 42.5 Å². The molecule has 94 valence electrons. The number of hydrogen-bond acceptors (Lipinski definition) is 1. The Kier molecular flexibility index (Phi) is 4.00. The maximum atomic E-state index is 13.1. The van der Waals surface area contributed by atoms with Gasteiger partial charge in [0, 0.05) is 17.0 Å². The third-order valence-electron chi connectivity index (χ3n) is 2.83. The van der Waals surface area contributed by atoms with Gasteiger partial charge in [0.15, 0.2) is 0 Å². The Hall–Kier alpha value is -1.38. The summed E-state index contributed by atoms with van der Waals surface area (Å²) in [7, 11) is 0. The Morgan fingerprint density at radius 2 is 2.00 bits per heavy atom. The van der Waals surface area contributed by atoms with Gasteiger partial charge < -0.3 is 5.11 Å². The van der Waals surface area contributed by atoms with Gasteiger partial charge in [-0.2, -0.15) is 0 Å². The van der Waals surface area contributed by atoms with Gasteiger partial charge in [0.25, 0.3) is 0 Å². The molecule has 1 atom stereocenters. The molecule has 0 fully saturated rings. The van der Waals surface area contributed by atoms with Crippen molar-refractivity contribution in [1.29, 1.82) is 0 Å². The van der Waals surface area contributed by atoms with Crippen molar-refractivity contribution in [2.45, 2.75) is 19.4 Å². The van der Waals surface area contributed by atoms with E-state index in [0.717, 1.165) is 11.1 Å². The van der Waals surface area contributed by atoms with Crippen molar-refractivity contribution in [2.24, 2.45) is 0 Å². The van der Waals surface area contributed by atoms with Gasteiger partial charge in [-0.05, 0) is 30.7 Å². The summed E-state index contributed by atoms with van der Waals surface area (Å²) < 4.78 is 13.1. The fourth-order valence-corrected chi connectivity index (χ4v) is 2.19. The molecule has 0 heterocycles. The molecule has 0 amide bonds. The molecule has 0 aliphatic heterocycles. The molecule has 18 heavy (non-hydrogen) atoms. The molecular formula is C15H14ClFO. The van der Waals surface area contributed by atoms with E-state index in [-0.39, 0.29) is 0 Å². The van der Waals surface area contributed by atoms with Crippen LogP contribution in [0.5, 0.6) is 0 Å². The van der Waals surface area contributed by atoms with Gasteiger partial charge in [0.05, 0.1) is 6.10 Å². The van der Waals surface area contributed by atoms with Crippen LogP contribution in [-0.4, -0.2) is 5.11 Å². The van der Waals surface area contributed by atoms with Gasteiger partial charge in [0.1, 0.15) is 5.82 Å². The molecule has 0 aliphatic rings. The number of halogens is 2. The molecule has 3 heteroatoms. The lowest BCUT2D eigenvalue weighted by Gasteiger charge is -2.13. The van der Waals surface area contributed by atoms with Gasteiger partial charge in [-0.3, -0.25) is 0 Å². The molecule has 1 nitrogen and oxygen atoms in total. The van der Waals surface area contributed by atoms with E-state index in [9.17, 15) is 9.50 Å². The second kappa shape index (κ2) is 5.51. The second-order valence-corrected chi connectivity index (χ2v) is 4.78. The Morgan fingerprint density at radius 1 is 1.22 bits per heavy atom. The first kappa shape index (κ1) is 13.1. The number of rotatable bonds is 3. The van der Waals surface area contributed by atoms with Gasteiger partial charge in [-0.25, -0.2) is 4.39 Å². The summed E-state index contributed by atoms with van der Waals surface area (Å²) in [5.74, 6) is -0.391. The standard InChI is InChI=1S/C15H14ClFO/c1-10-3-2-4-11(7-10)8-15(18)13-9-12(17)5-6-14(13)16/h2-7,9,15,18H,8H2,1H3. The van der Waals surface area contributed by atoms with E-state index in [1.54, 1.807) is 0 Å². The highest BCUT2D eigenvalue weighted by Crippen LogP contribution is 2.26. The van der Waals surface area contributed by atoms with Crippen LogP contribution >= 0.6 is 11.6 Å². The normalized spacial score (nSPS) is 12.4. The van der Waals surface area contributed by atoms with Crippen LogP contribution in [-0.2, 0) is 6.42 Å². The fraction of sp³-hybridized carbons (Fsp3) is 0.200. The summed E-state index contributed by atoms with van der Waals surface area (Å²) in [5, 5.41) is 10.5. The summed E-state index contributed by atoms with van der Waals surface area (Å²) in [6, 6.07) is 11.9. The predicted molar refractivity (Wildman–Crippen MR) is 71.3 cm³/mol. The summed E-state index contributed by atoms with van der Waals surface area (Å²) in [5.41, 5.74) is 2.56. The molecule has 0 radical (unpaired) electrons. The fourth-order valence-electron chi connectivity index (χ4n) is 1.94. The van der Waals surface area contributed by atoms with Crippen LogP contribution in [0.1, 0.15) is 22.8 Å². The highest BCUT2D eigenvalue weighted by atomic mass is 35.5. The van der Waals surface area contributed by atoms with Gasteiger partial charge in [-0.1, -0.05) is 41.4 Å². The molecule has 0 saturated heterocycles. The highest BCUT2D eigenvalue weighted by Gasteiger charge is 2.13. The average Bonchev–Trinajstić information content (AvgIpc) is 2.32. The monoisotopic (exact) mass is 264 g/mol. The van der Waals surface area contributed by atoms with Crippen LogP contribution in [0.3, 0.4) is 0 Å². The number of hydrogen-bond donors (Lipinski definition) is 1. The summed E-state index contributed by atoms with van der Waals surface area (Å²) in [4.78, 5) is 0. The van der Waals surface area contributed by atoms with E-state index in [1.807, 2.05) is 31.2 Å². The van der Waals surface area contributed by atoms with E-state index in [4.69, 9.17) is 11.6 Å². The first-order chi connectivity index (χ1) is 8.56. The van der Waals surface area contributed by atoms with Crippen LogP contribution in [0.4, 0.5) is 4.39 Å². The second-order valence-electron chi connectivity index (χ2n) is 4.37. The molecule has 0 bridgehead atoms. The first-order valence-electron chi connectivity index (χ1n) is 5.75. The molecule has 2 rings (SSSR count). The molecule has 1 unspecified atom stereocenters. The SMILES string of the molecule is Cc1cccc(CC(O)c2cc(F)ccc2Cl)c1. The van der Waals surface area contributed by atoms with E-state index in [2.05, 4.69) is 0 Å². The summed E-state index contributed by atoms with van der Waals surface area (Å²) in [6.45, 7) is 1.99. The quantitative estimate of drug-likeness (QED) is 0.886. The predicted octanol–water partition coefficient (Wildman–Crippen LogP) is 4.06. The third kappa shape index (κ3) is 3.09. The average molecular weight is 265 g/mol. The molecular weight excluding hydrogens is 251 g/mol. The van der Waals surface area contributed by atoms with Crippen LogP contribution in [0.25, 0.3) is 0 Å². The van der Waals surface area contributed by atoms with Crippen LogP contribution in [0, 0.1) is 12.7 Å². The first-order valence-corrected chi connectivity index (χ1v) is 6.12. The summed E-state index contributed by atoms with van der Waals surface area (Å²) >= 11 is 5.96. The van der Waals surface area contributed by atoms with E-state index >= 15 is 0 Å². The van der Waals surface area contributed by atoms with E-state index in [0.29, 0.717) is 17.0 Å². The highest BCUT2D eigenvalue weighted by molar-refractivity contribution is 6.31. The summed E-state index contributed by atoms with van der Waals surface area (Å²) in [6.07, 6.45) is -0.375. The van der Waals surface area contributed by atoms with Crippen molar-refractivity contribution in [2.75, 3.05) is 0 Å². The van der Waals surface area contributed by atoms with Crippen LogP contribution in [0.2, 0.25) is 5.02 Å². The lowest BCUT2D eigenvalue weighted by molar-refractivity contribution is 0.178. The van der Waals surface area contributed by atoms with Crippen molar-refractivity contribution >= 4 is 11.6 Å². The van der Waals surface area contributed by atoms with E-state index in [1.165, 1.54) is 18.2 Å². The van der Waals surface area contributed by atoms with Crippen molar-refractivity contribution < 1.29 is 9.50 Å². The van der Waals surface area contributed by atoms with Gasteiger partial charge >= 0.3 is 0 Å². The smallest absolute Gasteiger partial charge is 0.123 e. The Labute approximate surface area is 111 Å². The lowest BCUT2D eigenvalue weighted by atomic mass is 10.00. The van der Waals surface area contributed by atoms with E-state index < -0.39 is 11.9 Å². The van der Waals surface area contributed by atoms with Gasteiger partial charge in [0.2, 0.25) is 0 Å². The molecule has 1 N–H and O–H groups in total. The molecule has 0 saturated carbocycles. The number of aliphatic hydroxyl groups is 1. The number of aryl methyl sites for hydroxylation is 1. The van der Waals surface area contributed by atoms with Crippen molar-refractivity contribution in [1.82, 2.24) is 0 Å². The lowest BCUT2D eigenvalue weighted by Crippen LogP contribution is -2.03. The maximum Gasteiger partial charge on any atom is 0.123 e.